The summed E-state index contributed by atoms with van der Waals surface area (Å²) in [5.74, 6) is 0.711. The Morgan fingerprint density at radius 3 is 2.52 bits per heavy atom. The SMILES string of the molecule is COc1ccc(C(F)(F)F)c(CC2CCCNC2)c1OC. The van der Waals surface area contributed by atoms with E-state index in [1.165, 1.54) is 20.3 Å². The first kappa shape index (κ1) is 15.9. The van der Waals surface area contributed by atoms with Gasteiger partial charge < -0.3 is 14.8 Å². The van der Waals surface area contributed by atoms with E-state index in [2.05, 4.69) is 5.32 Å². The van der Waals surface area contributed by atoms with E-state index < -0.39 is 11.7 Å². The van der Waals surface area contributed by atoms with E-state index in [1.807, 2.05) is 0 Å². The standard InChI is InChI=1S/C15H20F3NO2/c1-20-13-6-5-12(15(16,17)18)11(14(13)21-2)8-10-4-3-7-19-9-10/h5-6,10,19H,3-4,7-9H2,1-2H3. The van der Waals surface area contributed by atoms with Crippen molar-refractivity contribution in [1.82, 2.24) is 5.32 Å². The molecule has 1 saturated heterocycles. The Morgan fingerprint density at radius 2 is 2.00 bits per heavy atom. The van der Waals surface area contributed by atoms with Gasteiger partial charge in [0.2, 0.25) is 0 Å². The molecule has 3 nitrogen and oxygen atoms in total. The van der Waals surface area contributed by atoms with Crippen LogP contribution in [-0.4, -0.2) is 27.3 Å². The van der Waals surface area contributed by atoms with Crippen molar-refractivity contribution >= 4 is 0 Å². The van der Waals surface area contributed by atoms with Crippen LogP contribution in [0.15, 0.2) is 12.1 Å². The summed E-state index contributed by atoms with van der Waals surface area (Å²) in [6, 6.07) is 2.39. The summed E-state index contributed by atoms with van der Waals surface area (Å²) in [5, 5.41) is 3.23. The molecule has 1 atom stereocenters. The average molecular weight is 303 g/mol. The summed E-state index contributed by atoms with van der Waals surface area (Å²) < 4.78 is 50.1. The topological polar surface area (TPSA) is 30.5 Å². The third-order valence-corrected chi connectivity index (χ3v) is 3.85. The highest BCUT2D eigenvalue weighted by atomic mass is 19.4. The van der Waals surface area contributed by atoms with E-state index in [0.29, 0.717) is 12.2 Å². The van der Waals surface area contributed by atoms with Crippen LogP contribution >= 0.6 is 0 Å². The van der Waals surface area contributed by atoms with Crippen LogP contribution in [0.3, 0.4) is 0 Å². The van der Waals surface area contributed by atoms with Crippen LogP contribution < -0.4 is 14.8 Å². The zero-order valence-electron chi connectivity index (χ0n) is 12.2. The molecule has 21 heavy (non-hydrogen) atoms. The lowest BCUT2D eigenvalue weighted by atomic mass is 9.89. The molecule has 0 bridgehead atoms. The molecule has 0 saturated carbocycles. The molecule has 0 aliphatic carbocycles. The van der Waals surface area contributed by atoms with E-state index >= 15 is 0 Å². The van der Waals surface area contributed by atoms with Gasteiger partial charge in [0, 0.05) is 5.56 Å². The van der Waals surface area contributed by atoms with Crippen LogP contribution in [0.4, 0.5) is 13.2 Å². The molecule has 2 rings (SSSR count). The van der Waals surface area contributed by atoms with E-state index in [1.54, 1.807) is 0 Å². The molecule has 1 aromatic carbocycles. The summed E-state index contributed by atoms with van der Waals surface area (Å²) in [6.07, 6.45) is -2.15. The number of methoxy groups -OCH3 is 2. The first-order chi connectivity index (χ1) is 9.97. The van der Waals surface area contributed by atoms with Gasteiger partial charge in [0.1, 0.15) is 0 Å². The summed E-state index contributed by atoms with van der Waals surface area (Å²) >= 11 is 0. The Labute approximate surface area is 122 Å². The zero-order valence-corrected chi connectivity index (χ0v) is 12.2. The summed E-state index contributed by atoms with van der Waals surface area (Å²) in [4.78, 5) is 0. The molecule has 1 N–H and O–H groups in total. The lowest BCUT2D eigenvalue weighted by Crippen LogP contribution is -2.31. The van der Waals surface area contributed by atoms with Crippen molar-refractivity contribution in [3.8, 4) is 11.5 Å². The van der Waals surface area contributed by atoms with Gasteiger partial charge in [0.05, 0.1) is 19.8 Å². The van der Waals surface area contributed by atoms with Gasteiger partial charge in [-0.1, -0.05) is 0 Å². The lowest BCUT2D eigenvalue weighted by Gasteiger charge is -2.26. The van der Waals surface area contributed by atoms with Gasteiger partial charge in [-0.25, -0.2) is 0 Å². The number of alkyl halides is 3. The van der Waals surface area contributed by atoms with Gasteiger partial charge in [-0.3, -0.25) is 0 Å². The summed E-state index contributed by atoms with van der Waals surface area (Å²) in [7, 11) is 2.80. The Balaban J connectivity index is 2.42. The minimum Gasteiger partial charge on any atom is -0.493 e. The van der Waals surface area contributed by atoms with Gasteiger partial charge in [0.25, 0.3) is 0 Å². The number of hydrogen-bond acceptors (Lipinski definition) is 3. The molecule has 1 heterocycles. The molecular weight excluding hydrogens is 283 g/mol. The molecule has 0 spiro atoms. The Morgan fingerprint density at radius 1 is 1.24 bits per heavy atom. The van der Waals surface area contributed by atoms with Gasteiger partial charge in [-0.15, -0.1) is 0 Å². The summed E-state index contributed by atoms with van der Waals surface area (Å²) in [6.45, 7) is 1.66. The van der Waals surface area contributed by atoms with Crippen molar-refractivity contribution in [2.75, 3.05) is 27.3 Å². The molecule has 118 valence electrons. The molecule has 0 aromatic heterocycles. The number of hydrogen-bond donors (Lipinski definition) is 1. The second-order valence-corrected chi connectivity index (χ2v) is 5.24. The third-order valence-electron chi connectivity index (χ3n) is 3.85. The molecule has 0 radical (unpaired) electrons. The van der Waals surface area contributed by atoms with Crippen LogP contribution in [-0.2, 0) is 12.6 Å². The fourth-order valence-electron chi connectivity index (χ4n) is 2.85. The maximum absolute atomic E-state index is 13.2. The lowest BCUT2D eigenvalue weighted by molar-refractivity contribution is -0.138. The van der Waals surface area contributed by atoms with Crippen LogP contribution in [0, 0.1) is 5.92 Å². The maximum Gasteiger partial charge on any atom is 0.416 e. The van der Waals surface area contributed by atoms with E-state index in [9.17, 15) is 13.2 Å². The van der Waals surface area contributed by atoms with Crippen LogP contribution in [0.1, 0.15) is 24.0 Å². The highest BCUT2D eigenvalue weighted by Crippen LogP contribution is 2.42. The van der Waals surface area contributed by atoms with Gasteiger partial charge in [-0.05, 0) is 50.4 Å². The number of benzene rings is 1. The number of nitrogens with one attached hydrogen (secondary N) is 1. The van der Waals surface area contributed by atoms with Gasteiger partial charge in [-0.2, -0.15) is 13.2 Å². The first-order valence-electron chi connectivity index (χ1n) is 6.99. The van der Waals surface area contributed by atoms with E-state index in [-0.39, 0.29) is 17.2 Å². The fraction of sp³-hybridized carbons (Fsp3) is 0.600. The van der Waals surface area contributed by atoms with Crippen LogP contribution in [0.25, 0.3) is 0 Å². The van der Waals surface area contributed by atoms with Crippen LogP contribution in [0.2, 0.25) is 0 Å². The van der Waals surface area contributed by atoms with Gasteiger partial charge in [0.15, 0.2) is 11.5 Å². The first-order valence-corrected chi connectivity index (χ1v) is 6.99. The Kier molecular flexibility index (Phi) is 4.98. The zero-order chi connectivity index (χ0) is 15.5. The summed E-state index contributed by atoms with van der Waals surface area (Å²) in [5.41, 5.74) is -0.441. The highest BCUT2D eigenvalue weighted by Gasteiger charge is 2.36. The third kappa shape index (κ3) is 3.61. The number of piperidine rings is 1. The molecule has 1 aliphatic heterocycles. The molecule has 1 aromatic rings. The predicted octanol–water partition coefficient (Wildman–Crippen LogP) is 3.26. The van der Waals surface area contributed by atoms with Crippen molar-refractivity contribution in [2.45, 2.75) is 25.4 Å². The second-order valence-electron chi connectivity index (χ2n) is 5.24. The molecule has 0 amide bonds. The van der Waals surface area contributed by atoms with Crippen molar-refractivity contribution in [3.05, 3.63) is 23.3 Å². The molecule has 1 aliphatic rings. The smallest absolute Gasteiger partial charge is 0.416 e. The number of rotatable bonds is 4. The average Bonchev–Trinajstić information content (AvgIpc) is 2.46. The molecule has 6 heteroatoms. The van der Waals surface area contributed by atoms with E-state index in [4.69, 9.17) is 9.47 Å². The minimum atomic E-state index is -4.39. The van der Waals surface area contributed by atoms with Crippen molar-refractivity contribution in [2.24, 2.45) is 5.92 Å². The minimum absolute atomic E-state index is 0.181. The maximum atomic E-state index is 13.2. The van der Waals surface area contributed by atoms with E-state index in [0.717, 1.165) is 32.0 Å². The van der Waals surface area contributed by atoms with Crippen molar-refractivity contribution in [3.63, 3.8) is 0 Å². The number of ether oxygens (including phenoxy) is 2. The largest absolute Gasteiger partial charge is 0.493 e. The highest BCUT2D eigenvalue weighted by molar-refractivity contribution is 5.52. The monoisotopic (exact) mass is 303 g/mol. The Hall–Kier alpha value is -1.43. The second kappa shape index (κ2) is 6.56. The molecule has 1 fully saturated rings. The Bertz CT molecular complexity index is 483. The van der Waals surface area contributed by atoms with Crippen molar-refractivity contribution in [1.29, 1.82) is 0 Å². The quantitative estimate of drug-likeness (QED) is 0.926. The van der Waals surface area contributed by atoms with Gasteiger partial charge >= 0.3 is 6.18 Å². The normalized spacial score (nSPS) is 19.4. The molecule has 1 unspecified atom stereocenters. The number of halogens is 3. The predicted molar refractivity (Wildman–Crippen MR) is 73.8 cm³/mol. The van der Waals surface area contributed by atoms with Crippen LogP contribution in [0.5, 0.6) is 11.5 Å². The fourth-order valence-corrected chi connectivity index (χ4v) is 2.85. The van der Waals surface area contributed by atoms with Crippen molar-refractivity contribution < 1.29 is 22.6 Å². The molecular formula is C15H20F3NO2.